The van der Waals surface area contributed by atoms with Crippen molar-refractivity contribution in [2.75, 3.05) is 39.3 Å². The summed E-state index contributed by atoms with van der Waals surface area (Å²) in [5.41, 5.74) is 7.03. The molecule has 1 aromatic heterocycles. The maximum Gasteiger partial charge on any atom is 0.232 e. The number of carbonyl (C=O) groups excluding carboxylic acids is 2. The van der Waals surface area contributed by atoms with E-state index in [1.54, 1.807) is 0 Å². The van der Waals surface area contributed by atoms with Crippen LogP contribution in [-0.2, 0) is 21.4 Å². The van der Waals surface area contributed by atoms with Crippen LogP contribution < -0.4 is 10.6 Å². The number of nitriles is 1. The molecule has 3 N–H and O–H groups in total. The Morgan fingerprint density at radius 3 is 2.50 bits per heavy atom. The fraction of sp³-hybridized carbons (Fsp3) is 0.486. The van der Waals surface area contributed by atoms with Crippen molar-refractivity contribution in [1.82, 2.24) is 25.4 Å². The number of hydrogen-bond donors (Lipinski definition) is 3. The topological polar surface area (TPSA) is 117 Å². The number of amides is 2. The molecule has 2 aromatic carbocycles. The van der Waals surface area contributed by atoms with Crippen LogP contribution in [-0.4, -0.2) is 71.8 Å². The standard InChI is InChI=1S/C35H47N7O2/c1-7-41(8-2)33(44)35(5,6)27-12-13-30-29(22-27)28(32(40-30)26-20-24(3)19-25(4)21-26)14-16-38-34(39-23-36)37-15-10-18-42-17-9-11-31(42)43/h12-13,19-22,40H,7-11,14-18H2,1-6H3,(H2,37,38,39). The van der Waals surface area contributed by atoms with Gasteiger partial charge in [-0.05, 0) is 102 Å². The minimum absolute atomic E-state index is 0.118. The molecule has 0 unspecified atom stereocenters. The van der Waals surface area contributed by atoms with Gasteiger partial charge in [0.05, 0.1) is 5.41 Å². The maximum atomic E-state index is 13.5. The fourth-order valence-electron chi connectivity index (χ4n) is 6.18. The molecule has 0 saturated carbocycles. The summed E-state index contributed by atoms with van der Waals surface area (Å²) < 4.78 is 0. The highest BCUT2D eigenvalue weighted by Gasteiger charge is 2.33. The van der Waals surface area contributed by atoms with Crippen LogP contribution in [0.3, 0.4) is 0 Å². The molecular weight excluding hydrogens is 550 g/mol. The van der Waals surface area contributed by atoms with Crippen LogP contribution in [0, 0.1) is 25.3 Å². The number of likely N-dealkylation sites (N-methyl/N-ethyl adjacent to an activating group) is 1. The van der Waals surface area contributed by atoms with Gasteiger partial charge in [-0.25, -0.2) is 0 Å². The molecule has 44 heavy (non-hydrogen) atoms. The van der Waals surface area contributed by atoms with E-state index in [4.69, 9.17) is 0 Å². The van der Waals surface area contributed by atoms with Gasteiger partial charge < -0.3 is 20.1 Å². The van der Waals surface area contributed by atoms with Crippen LogP contribution >= 0.6 is 0 Å². The number of aryl methyl sites for hydroxylation is 2. The summed E-state index contributed by atoms with van der Waals surface area (Å²) in [7, 11) is 0. The number of aliphatic imine (C=N–C) groups is 1. The Balaban J connectivity index is 1.61. The predicted octanol–water partition coefficient (Wildman–Crippen LogP) is 5.17. The van der Waals surface area contributed by atoms with Gasteiger partial charge >= 0.3 is 0 Å². The van der Waals surface area contributed by atoms with Gasteiger partial charge in [-0.15, -0.1) is 0 Å². The molecule has 1 saturated heterocycles. The van der Waals surface area contributed by atoms with Crippen molar-refractivity contribution in [2.24, 2.45) is 4.99 Å². The van der Waals surface area contributed by atoms with Crippen LogP contribution in [0.1, 0.15) is 69.2 Å². The number of hydrogen-bond acceptors (Lipinski definition) is 4. The number of carbonyl (C=O) groups is 2. The normalized spacial score (nSPS) is 13.8. The molecule has 2 heterocycles. The van der Waals surface area contributed by atoms with Crippen LogP contribution in [0.15, 0.2) is 41.4 Å². The number of H-pyrrole nitrogens is 1. The zero-order valence-corrected chi connectivity index (χ0v) is 27.1. The number of fused-ring (bicyclic) bond motifs is 1. The molecule has 9 heteroatoms. The molecule has 0 bridgehead atoms. The van der Waals surface area contributed by atoms with Crippen molar-refractivity contribution in [2.45, 2.75) is 72.6 Å². The van der Waals surface area contributed by atoms with Crippen LogP contribution in [0.2, 0.25) is 0 Å². The van der Waals surface area contributed by atoms with Gasteiger partial charge in [0.1, 0.15) is 0 Å². The third kappa shape index (κ3) is 7.42. The Morgan fingerprint density at radius 2 is 1.86 bits per heavy atom. The van der Waals surface area contributed by atoms with Gasteiger partial charge in [0.15, 0.2) is 6.19 Å². The summed E-state index contributed by atoms with van der Waals surface area (Å²) in [5, 5.41) is 16.4. The Labute approximate surface area is 261 Å². The first-order chi connectivity index (χ1) is 21.1. The molecule has 9 nitrogen and oxygen atoms in total. The Hall–Kier alpha value is -4.32. The van der Waals surface area contributed by atoms with Crippen molar-refractivity contribution in [3.63, 3.8) is 0 Å². The second-order valence-corrected chi connectivity index (χ2v) is 12.2. The van der Waals surface area contributed by atoms with E-state index in [1.807, 2.05) is 43.7 Å². The zero-order valence-electron chi connectivity index (χ0n) is 27.1. The lowest BCUT2D eigenvalue weighted by atomic mass is 9.82. The molecule has 1 aliphatic heterocycles. The minimum Gasteiger partial charge on any atom is -0.355 e. The smallest absolute Gasteiger partial charge is 0.232 e. The lowest BCUT2D eigenvalue weighted by molar-refractivity contribution is -0.135. The van der Waals surface area contributed by atoms with Crippen molar-refractivity contribution in [3.8, 4) is 17.5 Å². The van der Waals surface area contributed by atoms with E-state index >= 15 is 0 Å². The molecule has 1 fully saturated rings. The van der Waals surface area contributed by atoms with E-state index in [1.165, 1.54) is 11.1 Å². The SMILES string of the molecule is CCN(CC)C(=O)C(C)(C)c1ccc2[nH]c(-c3cc(C)cc(C)c3)c(CCNC(=NCCCN3CCCC3=O)NC#N)c2c1. The average Bonchev–Trinajstić information content (AvgIpc) is 3.57. The number of nitrogens with one attached hydrogen (secondary N) is 3. The lowest BCUT2D eigenvalue weighted by Gasteiger charge is -2.31. The van der Waals surface area contributed by atoms with Gasteiger partial charge in [0.25, 0.3) is 0 Å². The van der Waals surface area contributed by atoms with E-state index in [9.17, 15) is 14.9 Å². The molecule has 0 atom stereocenters. The van der Waals surface area contributed by atoms with Crippen molar-refractivity contribution >= 4 is 28.7 Å². The monoisotopic (exact) mass is 597 g/mol. The van der Waals surface area contributed by atoms with Crippen LogP contribution in [0.5, 0.6) is 0 Å². The number of benzene rings is 2. The van der Waals surface area contributed by atoms with E-state index < -0.39 is 5.41 Å². The predicted molar refractivity (Wildman–Crippen MR) is 177 cm³/mol. The van der Waals surface area contributed by atoms with Crippen LogP contribution in [0.4, 0.5) is 0 Å². The number of likely N-dealkylation sites (tertiary alicyclic amines) is 1. The third-order valence-electron chi connectivity index (χ3n) is 8.59. The number of nitrogens with zero attached hydrogens (tertiary/aromatic N) is 4. The van der Waals surface area contributed by atoms with E-state index in [0.717, 1.165) is 52.7 Å². The highest BCUT2D eigenvalue weighted by Crippen LogP contribution is 2.35. The molecule has 0 spiro atoms. The Bertz CT molecular complexity index is 1540. The van der Waals surface area contributed by atoms with Gasteiger partial charge in [-0.2, -0.15) is 5.26 Å². The lowest BCUT2D eigenvalue weighted by Crippen LogP contribution is -2.43. The molecule has 0 aliphatic carbocycles. The third-order valence-corrected chi connectivity index (χ3v) is 8.59. The molecule has 0 radical (unpaired) electrons. The van der Waals surface area contributed by atoms with Crippen LogP contribution in [0.25, 0.3) is 22.2 Å². The second-order valence-electron chi connectivity index (χ2n) is 12.2. The number of aromatic amines is 1. The van der Waals surface area contributed by atoms with Crippen molar-refractivity contribution in [1.29, 1.82) is 5.26 Å². The molecule has 3 aromatic rings. The van der Waals surface area contributed by atoms with E-state index in [-0.39, 0.29) is 11.8 Å². The van der Waals surface area contributed by atoms with E-state index in [0.29, 0.717) is 51.5 Å². The number of aromatic nitrogens is 1. The molecular formula is C35H47N7O2. The highest BCUT2D eigenvalue weighted by molar-refractivity contribution is 5.94. The van der Waals surface area contributed by atoms with Gasteiger partial charge in [-0.1, -0.05) is 23.3 Å². The summed E-state index contributed by atoms with van der Waals surface area (Å²) in [6.45, 7) is 16.2. The summed E-state index contributed by atoms with van der Waals surface area (Å²) in [5.74, 6) is 0.761. The fourth-order valence-corrected chi connectivity index (χ4v) is 6.18. The summed E-state index contributed by atoms with van der Waals surface area (Å²) >= 11 is 0. The quantitative estimate of drug-likeness (QED) is 0.0876. The average molecular weight is 598 g/mol. The highest BCUT2D eigenvalue weighted by atomic mass is 16.2. The first-order valence-corrected chi connectivity index (χ1v) is 15.8. The summed E-state index contributed by atoms with van der Waals surface area (Å²) in [6, 6.07) is 12.9. The number of rotatable bonds is 12. The minimum atomic E-state index is -0.677. The summed E-state index contributed by atoms with van der Waals surface area (Å²) in [4.78, 5) is 37.4. The first-order valence-electron chi connectivity index (χ1n) is 15.8. The van der Waals surface area contributed by atoms with Crippen molar-refractivity contribution < 1.29 is 9.59 Å². The maximum absolute atomic E-state index is 13.5. The number of guanidine groups is 1. The molecule has 234 valence electrons. The van der Waals surface area contributed by atoms with Crippen molar-refractivity contribution in [3.05, 3.63) is 58.7 Å². The van der Waals surface area contributed by atoms with Gasteiger partial charge in [0, 0.05) is 62.3 Å². The summed E-state index contributed by atoms with van der Waals surface area (Å²) in [6.07, 6.45) is 4.96. The van der Waals surface area contributed by atoms with E-state index in [2.05, 4.69) is 70.9 Å². The molecule has 2 amide bonds. The molecule has 1 aliphatic rings. The largest absolute Gasteiger partial charge is 0.355 e. The first kappa shape index (κ1) is 32.6. The molecule has 4 rings (SSSR count). The Morgan fingerprint density at radius 1 is 1.14 bits per heavy atom. The Kier molecular flexibility index (Phi) is 10.7. The zero-order chi connectivity index (χ0) is 31.9. The van der Waals surface area contributed by atoms with Gasteiger partial charge in [-0.3, -0.25) is 19.9 Å². The second kappa shape index (κ2) is 14.4. The van der Waals surface area contributed by atoms with Gasteiger partial charge in [0.2, 0.25) is 17.8 Å².